The van der Waals surface area contributed by atoms with Crippen molar-refractivity contribution < 1.29 is 9.47 Å². The summed E-state index contributed by atoms with van der Waals surface area (Å²) in [6.45, 7) is 0.204. The molecule has 1 aliphatic heterocycles. The summed E-state index contributed by atoms with van der Waals surface area (Å²) in [5, 5.41) is 6.71. The van der Waals surface area contributed by atoms with Gasteiger partial charge in [0.05, 0.1) is 0 Å². The molecular weight excluding hydrogens is 538 g/mol. The first-order chi connectivity index (χ1) is 20.4. The average Bonchev–Trinajstić information content (AvgIpc) is 3.24. The predicted octanol–water partition coefficient (Wildman–Crippen LogP) is 6.98. The fourth-order valence-electron chi connectivity index (χ4n) is 5.85. The Morgan fingerprint density at radius 3 is 1.63 bits per heavy atom. The van der Waals surface area contributed by atoms with Gasteiger partial charge in [0.1, 0.15) is 11.5 Å². The van der Waals surface area contributed by atoms with Gasteiger partial charge < -0.3 is 9.47 Å². The summed E-state index contributed by atoms with van der Waals surface area (Å²) in [6, 6.07) is 50.5. The third kappa shape index (κ3) is 5.15. The lowest BCUT2D eigenvalue weighted by Gasteiger charge is -2.34. The van der Waals surface area contributed by atoms with Gasteiger partial charge in [-0.1, -0.05) is 140 Å². The van der Waals surface area contributed by atoms with Crippen LogP contribution in [0, 0.1) is 0 Å². The van der Waals surface area contributed by atoms with Crippen molar-refractivity contribution in [2.45, 2.75) is 12.1 Å². The molecule has 0 aromatic heterocycles. The number of fused-ring (bicyclic) bond motifs is 2. The van der Waals surface area contributed by atoms with E-state index in [4.69, 9.17) is 9.47 Å². The number of allylic oxidation sites excluding steroid dienone is 3. The van der Waals surface area contributed by atoms with E-state index in [9.17, 15) is 0 Å². The van der Waals surface area contributed by atoms with Gasteiger partial charge in [-0.2, -0.15) is 0 Å². The first-order valence-electron chi connectivity index (χ1n) is 14.0. The number of hydrogen-bond donors (Lipinski definition) is 0. The summed E-state index contributed by atoms with van der Waals surface area (Å²) in [4.78, 5) is 0. The Morgan fingerprint density at radius 2 is 1.07 bits per heavy atom. The molecule has 5 aromatic carbocycles. The van der Waals surface area contributed by atoms with E-state index in [1.807, 2.05) is 0 Å². The standard InChI is InChI=1S/C37H30O2P2/c1-5-15-28(16-6-1)40(29-17-7-2-8-18-29)34-25-13-23-32-36(34)37-33(39-27-38-32)24-14-26-35(37)41(30-19-9-3-10-20-30)31-21-11-4-12-22-31/h1-25,35H,26-27H2. The monoisotopic (exact) mass is 568 g/mol. The van der Waals surface area contributed by atoms with Crippen molar-refractivity contribution in [3.63, 3.8) is 0 Å². The molecule has 7 rings (SSSR count). The van der Waals surface area contributed by atoms with Crippen molar-refractivity contribution in [1.29, 1.82) is 0 Å². The highest BCUT2D eigenvalue weighted by Crippen LogP contribution is 2.53. The Labute approximate surface area is 244 Å². The second-order valence-electron chi connectivity index (χ2n) is 10.0. The quantitative estimate of drug-likeness (QED) is 0.206. The Bertz CT molecular complexity index is 1600. The molecule has 0 fully saturated rings. The summed E-state index contributed by atoms with van der Waals surface area (Å²) in [6.07, 6.45) is 5.40. The van der Waals surface area contributed by atoms with E-state index in [0.29, 0.717) is 0 Å². The van der Waals surface area contributed by atoms with E-state index >= 15 is 0 Å². The zero-order valence-corrected chi connectivity index (χ0v) is 24.4. The van der Waals surface area contributed by atoms with E-state index in [2.05, 4.69) is 152 Å². The van der Waals surface area contributed by atoms with Crippen LogP contribution in [0.4, 0.5) is 0 Å². The average molecular weight is 569 g/mol. The second-order valence-corrected chi connectivity index (χ2v) is 14.6. The molecule has 0 saturated heterocycles. The Kier molecular flexibility index (Phi) is 7.52. The molecule has 1 heterocycles. The van der Waals surface area contributed by atoms with Gasteiger partial charge in [0.2, 0.25) is 6.79 Å². The van der Waals surface area contributed by atoms with Crippen molar-refractivity contribution in [1.82, 2.24) is 0 Å². The molecule has 1 aliphatic carbocycles. The summed E-state index contributed by atoms with van der Waals surface area (Å²) in [5.74, 6) is 1.84. The van der Waals surface area contributed by atoms with Gasteiger partial charge in [0.25, 0.3) is 0 Å². The van der Waals surface area contributed by atoms with Crippen molar-refractivity contribution in [2.24, 2.45) is 0 Å². The van der Waals surface area contributed by atoms with E-state index in [1.165, 1.54) is 37.7 Å². The summed E-state index contributed by atoms with van der Waals surface area (Å²) in [7, 11) is -1.56. The maximum atomic E-state index is 6.38. The Balaban J connectivity index is 1.47. The van der Waals surface area contributed by atoms with Crippen molar-refractivity contribution >= 4 is 47.9 Å². The van der Waals surface area contributed by atoms with Crippen LogP contribution in [0.3, 0.4) is 0 Å². The lowest BCUT2D eigenvalue weighted by Crippen LogP contribution is -2.28. The zero-order valence-electron chi connectivity index (χ0n) is 22.6. The minimum absolute atomic E-state index is 0.204. The van der Waals surface area contributed by atoms with Gasteiger partial charge in [0.15, 0.2) is 0 Å². The second kappa shape index (κ2) is 11.9. The predicted molar refractivity (Wildman–Crippen MR) is 175 cm³/mol. The van der Waals surface area contributed by atoms with Crippen LogP contribution in [0.1, 0.15) is 12.0 Å². The van der Waals surface area contributed by atoms with Crippen LogP contribution in [0.2, 0.25) is 0 Å². The Hall–Kier alpha value is -3.96. The van der Waals surface area contributed by atoms with Gasteiger partial charge in [-0.05, 0) is 60.9 Å². The third-order valence-corrected chi connectivity index (χ3v) is 12.9. The number of rotatable bonds is 6. The zero-order chi connectivity index (χ0) is 27.4. The van der Waals surface area contributed by atoms with Crippen molar-refractivity contribution in [3.05, 3.63) is 163 Å². The fraction of sp³-hybridized carbons (Fsp3) is 0.0811. The third-order valence-electron chi connectivity index (χ3n) is 7.58. The molecule has 41 heavy (non-hydrogen) atoms. The minimum Gasteiger partial charge on any atom is -0.457 e. The van der Waals surface area contributed by atoms with Gasteiger partial charge in [0, 0.05) is 16.8 Å². The molecule has 2 nitrogen and oxygen atoms in total. The Morgan fingerprint density at radius 1 is 0.537 bits per heavy atom. The van der Waals surface area contributed by atoms with Crippen LogP contribution in [0.25, 0.3) is 5.57 Å². The first kappa shape index (κ1) is 26.0. The van der Waals surface area contributed by atoms with Crippen molar-refractivity contribution in [3.8, 4) is 5.75 Å². The van der Waals surface area contributed by atoms with E-state index < -0.39 is 15.8 Å². The molecule has 4 heteroatoms. The van der Waals surface area contributed by atoms with E-state index in [0.717, 1.165) is 17.9 Å². The number of hydrogen-bond acceptors (Lipinski definition) is 2. The molecule has 1 atom stereocenters. The summed E-state index contributed by atoms with van der Waals surface area (Å²) >= 11 is 0. The summed E-state index contributed by atoms with van der Waals surface area (Å²) < 4.78 is 12.7. The van der Waals surface area contributed by atoms with E-state index in [1.54, 1.807) is 0 Å². The molecule has 0 bridgehead atoms. The minimum atomic E-state index is -0.838. The lowest BCUT2D eigenvalue weighted by molar-refractivity contribution is 0.0710. The maximum absolute atomic E-state index is 6.38. The smallest absolute Gasteiger partial charge is 0.230 e. The molecule has 2 aliphatic rings. The maximum Gasteiger partial charge on any atom is 0.230 e. The topological polar surface area (TPSA) is 18.5 Å². The normalized spacial score (nSPS) is 16.0. The fourth-order valence-corrected chi connectivity index (χ4v) is 11.2. The molecule has 0 N–H and O–H groups in total. The highest BCUT2D eigenvalue weighted by Gasteiger charge is 2.37. The molecule has 1 unspecified atom stereocenters. The number of benzene rings is 5. The van der Waals surface area contributed by atoms with Crippen molar-refractivity contribution in [2.75, 3.05) is 6.79 Å². The molecule has 200 valence electrons. The van der Waals surface area contributed by atoms with E-state index in [-0.39, 0.29) is 12.5 Å². The van der Waals surface area contributed by atoms with Crippen LogP contribution in [-0.4, -0.2) is 12.5 Å². The first-order valence-corrected chi connectivity index (χ1v) is 16.7. The molecule has 5 aromatic rings. The molecular formula is C37H30O2P2. The SMILES string of the molecule is C1=CC2=C(c3c(cccc3P(c3ccccc3)c3ccccc3)OCO2)C(P(c2ccccc2)c2ccccc2)C1. The highest BCUT2D eigenvalue weighted by atomic mass is 31.1. The van der Waals surface area contributed by atoms with Gasteiger partial charge in [-0.15, -0.1) is 0 Å². The molecule has 0 amide bonds. The molecule has 0 radical (unpaired) electrons. The van der Waals surface area contributed by atoms with Crippen LogP contribution >= 0.6 is 15.8 Å². The highest BCUT2D eigenvalue weighted by molar-refractivity contribution is 7.80. The van der Waals surface area contributed by atoms with Crippen LogP contribution in [-0.2, 0) is 4.74 Å². The van der Waals surface area contributed by atoms with Crippen LogP contribution in [0.5, 0.6) is 5.75 Å². The van der Waals surface area contributed by atoms with Gasteiger partial charge in [-0.3, -0.25) is 0 Å². The van der Waals surface area contributed by atoms with Gasteiger partial charge >= 0.3 is 0 Å². The lowest BCUT2D eigenvalue weighted by atomic mass is 9.94. The largest absolute Gasteiger partial charge is 0.457 e. The molecule has 0 spiro atoms. The summed E-state index contributed by atoms with van der Waals surface area (Å²) in [5.41, 5.74) is 2.71. The van der Waals surface area contributed by atoms with Gasteiger partial charge in [-0.25, -0.2) is 0 Å². The number of ether oxygens (including phenoxy) is 2. The molecule has 0 saturated carbocycles. The van der Waals surface area contributed by atoms with Crippen LogP contribution < -0.4 is 31.3 Å². The van der Waals surface area contributed by atoms with Crippen LogP contribution in [0.15, 0.2) is 157 Å².